The lowest BCUT2D eigenvalue weighted by molar-refractivity contribution is -0.133. The van der Waals surface area contributed by atoms with Crippen molar-refractivity contribution in [2.45, 2.75) is 38.1 Å². The highest BCUT2D eigenvalue weighted by Gasteiger charge is 2.28. The standard InChI is InChI=1S/C17H19F3N6O3/c18-17(19,20)5-7-21-16(28)14-12(24-15(27)11-4-6-22-23-9-11)10-26(25-14)13-3-1-2-8-29-13/h4,6,9-10,13H,1-3,5,7-8H2,(H,21,28)(H,24,27). The van der Waals surface area contributed by atoms with E-state index in [0.717, 1.165) is 12.8 Å². The molecule has 29 heavy (non-hydrogen) atoms. The summed E-state index contributed by atoms with van der Waals surface area (Å²) in [5, 5.41) is 16.1. The van der Waals surface area contributed by atoms with Crippen molar-refractivity contribution in [2.75, 3.05) is 18.5 Å². The first-order chi connectivity index (χ1) is 13.8. The maximum Gasteiger partial charge on any atom is 0.390 e. The predicted molar refractivity (Wildman–Crippen MR) is 94.1 cm³/mol. The van der Waals surface area contributed by atoms with Crippen LogP contribution >= 0.6 is 0 Å². The van der Waals surface area contributed by atoms with E-state index in [1.807, 2.05) is 0 Å². The van der Waals surface area contributed by atoms with Gasteiger partial charge in [0, 0.05) is 13.2 Å². The molecule has 1 aliphatic rings. The van der Waals surface area contributed by atoms with E-state index in [1.165, 1.54) is 29.3 Å². The van der Waals surface area contributed by atoms with Gasteiger partial charge in [0.1, 0.15) is 6.23 Å². The SMILES string of the molecule is O=C(Nc1cn(C2CCCCO2)nc1C(=O)NCCC(F)(F)F)c1ccnnc1. The van der Waals surface area contributed by atoms with E-state index in [-0.39, 0.29) is 16.9 Å². The number of carbonyl (C=O) groups is 2. The smallest absolute Gasteiger partial charge is 0.357 e. The molecule has 2 aromatic heterocycles. The number of carbonyl (C=O) groups excluding carboxylic acids is 2. The number of hydrogen-bond donors (Lipinski definition) is 2. The van der Waals surface area contributed by atoms with Crippen molar-refractivity contribution in [3.8, 4) is 0 Å². The Morgan fingerprint density at radius 1 is 1.24 bits per heavy atom. The Balaban J connectivity index is 1.79. The van der Waals surface area contributed by atoms with Gasteiger partial charge in [-0.15, -0.1) is 0 Å². The molecule has 0 spiro atoms. The molecule has 1 atom stereocenters. The van der Waals surface area contributed by atoms with E-state index in [1.54, 1.807) is 0 Å². The lowest BCUT2D eigenvalue weighted by Gasteiger charge is -2.22. The maximum atomic E-state index is 12.4. The average molecular weight is 412 g/mol. The monoisotopic (exact) mass is 412 g/mol. The number of amides is 2. The van der Waals surface area contributed by atoms with Gasteiger partial charge < -0.3 is 15.4 Å². The van der Waals surface area contributed by atoms with Gasteiger partial charge in [0.2, 0.25) is 0 Å². The van der Waals surface area contributed by atoms with Crippen LogP contribution < -0.4 is 10.6 Å². The van der Waals surface area contributed by atoms with Crippen LogP contribution in [0, 0.1) is 0 Å². The summed E-state index contributed by atoms with van der Waals surface area (Å²) in [7, 11) is 0. The van der Waals surface area contributed by atoms with Gasteiger partial charge in [0.25, 0.3) is 11.8 Å². The number of alkyl halides is 3. The molecular formula is C17H19F3N6O3. The number of nitrogens with zero attached hydrogens (tertiary/aromatic N) is 4. The van der Waals surface area contributed by atoms with Crippen LogP contribution in [0.3, 0.4) is 0 Å². The minimum absolute atomic E-state index is 0.0606. The third-order valence-corrected chi connectivity index (χ3v) is 4.19. The van der Waals surface area contributed by atoms with Crippen molar-refractivity contribution < 1.29 is 27.5 Å². The third-order valence-electron chi connectivity index (χ3n) is 4.19. The van der Waals surface area contributed by atoms with Gasteiger partial charge in [0.05, 0.1) is 36.3 Å². The first-order valence-electron chi connectivity index (χ1n) is 8.97. The van der Waals surface area contributed by atoms with Crippen molar-refractivity contribution >= 4 is 17.5 Å². The van der Waals surface area contributed by atoms with Crippen LogP contribution in [0.25, 0.3) is 0 Å². The summed E-state index contributed by atoms with van der Waals surface area (Å²) in [6, 6.07) is 1.43. The van der Waals surface area contributed by atoms with Crippen molar-refractivity contribution in [1.29, 1.82) is 0 Å². The summed E-state index contributed by atoms with van der Waals surface area (Å²) in [5.41, 5.74) is 0.0623. The van der Waals surface area contributed by atoms with Gasteiger partial charge in [-0.05, 0) is 25.3 Å². The van der Waals surface area contributed by atoms with Crippen LogP contribution in [0.15, 0.2) is 24.7 Å². The summed E-state index contributed by atoms with van der Waals surface area (Å²) >= 11 is 0. The molecule has 0 saturated carbocycles. The zero-order chi connectivity index (χ0) is 20.9. The Morgan fingerprint density at radius 2 is 2.07 bits per heavy atom. The second-order valence-electron chi connectivity index (χ2n) is 6.40. The molecule has 0 aromatic carbocycles. The van der Waals surface area contributed by atoms with Gasteiger partial charge >= 0.3 is 6.18 Å². The number of hydrogen-bond acceptors (Lipinski definition) is 6. The molecule has 3 heterocycles. The molecule has 1 unspecified atom stereocenters. The van der Waals surface area contributed by atoms with Crippen molar-refractivity contribution in [1.82, 2.24) is 25.3 Å². The summed E-state index contributed by atoms with van der Waals surface area (Å²) in [4.78, 5) is 24.8. The topological polar surface area (TPSA) is 111 Å². The van der Waals surface area contributed by atoms with Crippen LogP contribution in [0.5, 0.6) is 0 Å². The van der Waals surface area contributed by atoms with Gasteiger partial charge in [-0.1, -0.05) is 0 Å². The molecule has 156 valence electrons. The Bertz CT molecular complexity index is 850. The van der Waals surface area contributed by atoms with Gasteiger partial charge in [-0.25, -0.2) is 4.68 Å². The number of aromatic nitrogens is 4. The minimum Gasteiger partial charge on any atom is -0.357 e. The molecule has 3 rings (SSSR count). The predicted octanol–water partition coefficient (Wildman–Crippen LogP) is 2.31. The Labute approximate surface area is 163 Å². The Kier molecular flexibility index (Phi) is 6.42. The molecule has 12 heteroatoms. The van der Waals surface area contributed by atoms with Gasteiger partial charge in [-0.3, -0.25) is 9.59 Å². The van der Waals surface area contributed by atoms with Crippen molar-refractivity contribution in [2.24, 2.45) is 0 Å². The third kappa shape index (κ3) is 5.73. The molecule has 2 aromatic rings. The summed E-state index contributed by atoms with van der Waals surface area (Å²) in [5.74, 6) is -1.39. The van der Waals surface area contributed by atoms with Crippen LogP contribution in [-0.2, 0) is 4.74 Å². The van der Waals surface area contributed by atoms with Crippen LogP contribution in [0.4, 0.5) is 18.9 Å². The summed E-state index contributed by atoms with van der Waals surface area (Å²) in [6.45, 7) is -0.0706. The number of halogens is 3. The maximum absolute atomic E-state index is 12.4. The fraction of sp³-hybridized carbons (Fsp3) is 0.471. The number of ether oxygens (including phenoxy) is 1. The Hall–Kier alpha value is -3.02. The van der Waals surface area contributed by atoms with Crippen LogP contribution in [0.1, 0.15) is 52.8 Å². The zero-order valence-electron chi connectivity index (χ0n) is 15.3. The van der Waals surface area contributed by atoms with E-state index >= 15 is 0 Å². The molecule has 1 aliphatic heterocycles. The Morgan fingerprint density at radius 3 is 2.72 bits per heavy atom. The first kappa shape index (κ1) is 20.7. The molecule has 1 saturated heterocycles. The molecule has 2 amide bonds. The molecule has 9 nitrogen and oxygen atoms in total. The lowest BCUT2D eigenvalue weighted by Crippen LogP contribution is -2.29. The average Bonchev–Trinajstić information content (AvgIpc) is 3.12. The molecule has 0 bridgehead atoms. The molecular weight excluding hydrogens is 393 g/mol. The highest BCUT2D eigenvalue weighted by molar-refractivity contribution is 6.08. The normalized spacial score (nSPS) is 17.0. The molecule has 1 fully saturated rings. The first-order valence-corrected chi connectivity index (χ1v) is 8.97. The van der Waals surface area contributed by atoms with E-state index in [0.29, 0.717) is 13.0 Å². The zero-order valence-corrected chi connectivity index (χ0v) is 15.3. The molecule has 0 aliphatic carbocycles. The quantitative estimate of drug-likeness (QED) is 0.753. The molecule has 2 N–H and O–H groups in total. The second kappa shape index (κ2) is 8.99. The van der Waals surface area contributed by atoms with Crippen molar-refractivity contribution in [3.63, 3.8) is 0 Å². The van der Waals surface area contributed by atoms with E-state index in [4.69, 9.17) is 4.74 Å². The number of anilines is 1. The summed E-state index contributed by atoms with van der Waals surface area (Å²) < 4.78 is 44.0. The van der Waals surface area contributed by atoms with Crippen LogP contribution in [-0.4, -0.2) is 51.1 Å². The van der Waals surface area contributed by atoms with E-state index < -0.39 is 37.2 Å². The van der Waals surface area contributed by atoms with Gasteiger partial charge in [0.15, 0.2) is 5.69 Å². The number of rotatable bonds is 6. The largest absolute Gasteiger partial charge is 0.390 e. The lowest BCUT2D eigenvalue weighted by atomic mass is 10.2. The van der Waals surface area contributed by atoms with Crippen molar-refractivity contribution in [3.05, 3.63) is 35.9 Å². The second-order valence-corrected chi connectivity index (χ2v) is 6.40. The minimum atomic E-state index is -4.39. The van der Waals surface area contributed by atoms with Crippen LogP contribution in [0.2, 0.25) is 0 Å². The van der Waals surface area contributed by atoms with Gasteiger partial charge in [-0.2, -0.15) is 28.5 Å². The van der Waals surface area contributed by atoms with E-state index in [2.05, 4.69) is 25.9 Å². The highest BCUT2D eigenvalue weighted by atomic mass is 19.4. The highest BCUT2D eigenvalue weighted by Crippen LogP contribution is 2.25. The fourth-order valence-electron chi connectivity index (χ4n) is 2.75. The fourth-order valence-corrected chi connectivity index (χ4v) is 2.75. The van der Waals surface area contributed by atoms with E-state index in [9.17, 15) is 22.8 Å². The number of nitrogens with one attached hydrogen (secondary N) is 2. The molecule has 0 radical (unpaired) electrons. The summed E-state index contributed by atoms with van der Waals surface area (Å²) in [6.07, 6.45) is 0.497.